The summed E-state index contributed by atoms with van der Waals surface area (Å²) in [4.78, 5) is 11.7. The minimum absolute atomic E-state index is 0.0383. The van der Waals surface area contributed by atoms with Crippen LogP contribution in [0.1, 0.15) is 33.1 Å². The summed E-state index contributed by atoms with van der Waals surface area (Å²) in [6.07, 6.45) is 2.07. The lowest BCUT2D eigenvalue weighted by atomic mass is 9.68. The molecular weight excluding hydrogens is 346 g/mol. The Morgan fingerprint density at radius 3 is 2.17 bits per heavy atom. The van der Waals surface area contributed by atoms with Gasteiger partial charge in [-0.2, -0.15) is 16.8 Å². The first-order valence-electron chi connectivity index (χ1n) is 7.14. The topological polar surface area (TPSA) is 138 Å². The van der Waals surface area contributed by atoms with Crippen LogP contribution in [0.3, 0.4) is 0 Å². The van der Waals surface area contributed by atoms with E-state index >= 15 is 0 Å². The number of fused-ring (bicyclic) bond motifs is 2. The van der Waals surface area contributed by atoms with E-state index in [-0.39, 0.29) is 12.3 Å². The van der Waals surface area contributed by atoms with Crippen molar-refractivity contribution in [3.05, 3.63) is 12.7 Å². The standard InChI is InChI=1S/C13H21NO7S2/c1-4-10(15)14-9-7-8-5-6-13(9,12(8,2)3)11(22(16,17)18)23(19,20)21/h4,8-9,11H,1,5-7H2,2-3H3,(H,14,15)(H,16,17,18)(H,19,20,21). The Labute approximate surface area is 135 Å². The third kappa shape index (κ3) is 2.61. The highest BCUT2D eigenvalue weighted by atomic mass is 32.3. The van der Waals surface area contributed by atoms with Crippen molar-refractivity contribution in [2.24, 2.45) is 16.7 Å². The third-order valence-electron chi connectivity index (χ3n) is 5.73. The molecule has 8 nitrogen and oxygen atoms in total. The molecule has 132 valence electrons. The predicted octanol–water partition coefficient (Wildman–Crippen LogP) is 0.585. The van der Waals surface area contributed by atoms with Crippen molar-refractivity contribution in [3.8, 4) is 0 Å². The van der Waals surface area contributed by atoms with E-state index in [2.05, 4.69) is 11.9 Å². The predicted molar refractivity (Wildman–Crippen MR) is 82.6 cm³/mol. The van der Waals surface area contributed by atoms with Crippen LogP contribution in [0.15, 0.2) is 12.7 Å². The summed E-state index contributed by atoms with van der Waals surface area (Å²) in [5, 5.41) is 2.57. The molecule has 2 aliphatic carbocycles. The van der Waals surface area contributed by atoms with E-state index in [1.807, 2.05) is 0 Å². The number of rotatable bonds is 5. The molecule has 0 saturated heterocycles. The molecule has 0 heterocycles. The van der Waals surface area contributed by atoms with Gasteiger partial charge in [0.25, 0.3) is 20.2 Å². The molecule has 0 radical (unpaired) electrons. The summed E-state index contributed by atoms with van der Waals surface area (Å²) >= 11 is 0. The zero-order valence-corrected chi connectivity index (χ0v) is 14.5. The molecule has 0 aromatic heterocycles. The van der Waals surface area contributed by atoms with Gasteiger partial charge in [0.2, 0.25) is 10.5 Å². The van der Waals surface area contributed by atoms with Gasteiger partial charge < -0.3 is 5.32 Å². The molecule has 3 unspecified atom stereocenters. The van der Waals surface area contributed by atoms with Gasteiger partial charge in [0.1, 0.15) is 0 Å². The van der Waals surface area contributed by atoms with Crippen molar-refractivity contribution >= 4 is 26.1 Å². The minimum atomic E-state index is -5.11. The SMILES string of the molecule is C=CC(=O)NC1CC2CCC1(C(S(=O)(=O)O)S(=O)(=O)O)C2(C)C. The van der Waals surface area contributed by atoms with E-state index in [1.54, 1.807) is 13.8 Å². The van der Waals surface area contributed by atoms with Gasteiger partial charge in [-0.25, -0.2) is 0 Å². The molecule has 0 spiro atoms. The van der Waals surface area contributed by atoms with Crippen molar-refractivity contribution in [2.45, 2.75) is 43.7 Å². The van der Waals surface area contributed by atoms with Crippen molar-refractivity contribution < 1.29 is 30.7 Å². The Morgan fingerprint density at radius 1 is 1.26 bits per heavy atom. The highest BCUT2D eigenvalue weighted by Gasteiger charge is 2.72. The zero-order chi connectivity index (χ0) is 17.8. The molecule has 23 heavy (non-hydrogen) atoms. The number of nitrogens with one attached hydrogen (secondary N) is 1. The van der Waals surface area contributed by atoms with E-state index in [1.165, 1.54) is 0 Å². The molecule has 2 aliphatic rings. The Hall–Kier alpha value is -0.970. The Kier molecular flexibility index (Phi) is 4.21. The van der Waals surface area contributed by atoms with Crippen LogP contribution in [0.5, 0.6) is 0 Å². The smallest absolute Gasteiger partial charge is 0.285 e. The second-order valence-electron chi connectivity index (χ2n) is 6.86. The van der Waals surface area contributed by atoms with Gasteiger partial charge in [0.05, 0.1) is 0 Å². The summed E-state index contributed by atoms with van der Waals surface area (Å²) < 4.78 is 63.9. The quantitative estimate of drug-likeness (QED) is 0.477. The fourth-order valence-electron chi connectivity index (χ4n) is 4.70. The number of carbonyl (C=O) groups excluding carboxylic acids is 1. The molecule has 3 atom stereocenters. The van der Waals surface area contributed by atoms with E-state index in [0.717, 1.165) is 6.08 Å². The van der Waals surface area contributed by atoms with Gasteiger partial charge in [-0.05, 0) is 36.7 Å². The Bertz CT molecular complexity index is 708. The van der Waals surface area contributed by atoms with Crippen molar-refractivity contribution in [1.29, 1.82) is 0 Å². The lowest BCUT2D eigenvalue weighted by molar-refractivity contribution is -0.118. The van der Waals surface area contributed by atoms with Crippen LogP contribution in [-0.4, -0.2) is 42.5 Å². The van der Waals surface area contributed by atoms with Gasteiger partial charge in [-0.1, -0.05) is 20.4 Å². The fourth-order valence-corrected chi connectivity index (χ4v) is 8.16. The highest BCUT2D eigenvalue weighted by molar-refractivity contribution is 8.04. The number of amides is 1. The van der Waals surface area contributed by atoms with Crippen LogP contribution in [-0.2, 0) is 25.0 Å². The molecule has 2 rings (SSSR count). The van der Waals surface area contributed by atoms with Crippen molar-refractivity contribution in [1.82, 2.24) is 5.32 Å². The van der Waals surface area contributed by atoms with Crippen molar-refractivity contribution in [2.75, 3.05) is 0 Å². The second-order valence-corrected chi connectivity index (χ2v) is 10.2. The average molecular weight is 367 g/mol. The second kappa shape index (κ2) is 5.27. The number of hydrogen-bond donors (Lipinski definition) is 3. The molecule has 1 amide bonds. The fraction of sp³-hybridized carbons (Fsp3) is 0.769. The molecule has 3 N–H and O–H groups in total. The minimum Gasteiger partial charge on any atom is -0.349 e. The summed E-state index contributed by atoms with van der Waals surface area (Å²) in [5.74, 6) is -0.606. The van der Waals surface area contributed by atoms with Gasteiger partial charge in [-0.3, -0.25) is 13.9 Å². The normalized spacial score (nSPS) is 32.9. The molecule has 10 heteroatoms. The van der Waals surface area contributed by atoms with Crippen LogP contribution >= 0.6 is 0 Å². The first kappa shape index (κ1) is 18.4. The van der Waals surface area contributed by atoms with Gasteiger partial charge in [-0.15, -0.1) is 0 Å². The highest BCUT2D eigenvalue weighted by Crippen LogP contribution is 2.68. The molecular formula is C13H21NO7S2. The molecule has 2 bridgehead atoms. The van der Waals surface area contributed by atoms with Crippen LogP contribution in [0, 0.1) is 16.7 Å². The summed E-state index contributed by atoms with van der Waals surface area (Å²) in [5.41, 5.74) is -2.33. The molecule has 2 fully saturated rings. The number of carbonyl (C=O) groups is 1. The summed E-state index contributed by atoms with van der Waals surface area (Å²) in [6.45, 7) is 6.72. The van der Waals surface area contributed by atoms with E-state index in [4.69, 9.17) is 0 Å². The lowest BCUT2D eigenvalue weighted by Gasteiger charge is -2.45. The Morgan fingerprint density at radius 2 is 1.78 bits per heavy atom. The van der Waals surface area contributed by atoms with E-state index in [0.29, 0.717) is 12.8 Å². The molecule has 2 saturated carbocycles. The van der Waals surface area contributed by atoms with E-state index in [9.17, 15) is 30.7 Å². The summed E-state index contributed by atoms with van der Waals surface area (Å²) in [6, 6.07) is -0.810. The maximum atomic E-state index is 11.8. The lowest BCUT2D eigenvalue weighted by Crippen LogP contribution is -2.59. The van der Waals surface area contributed by atoms with Crippen LogP contribution < -0.4 is 5.32 Å². The average Bonchev–Trinajstić information content (AvgIpc) is 2.69. The van der Waals surface area contributed by atoms with Gasteiger partial charge >= 0.3 is 0 Å². The number of hydrogen-bond acceptors (Lipinski definition) is 5. The Balaban J connectivity index is 2.68. The van der Waals surface area contributed by atoms with Crippen LogP contribution in [0.25, 0.3) is 0 Å². The van der Waals surface area contributed by atoms with Crippen molar-refractivity contribution in [3.63, 3.8) is 0 Å². The van der Waals surface area contributed by atoms with Gasteiger partial charge in [0.15, 0.2) is 0 Å². The maximum absolute atomic E-state index is 11.8. The largest absolute Gasteiger partial charge is 0.349 e. The summed E-state index contributed by atoms with van der Waals surface area (Å²) in [7, 11) is -10.2. The van der Waals surface area contributed by atoms with Crippen LogP contribution in [0.4, 0.5) is 0 Å². The molecule has 0 aliphatic heterocycles. The van der Waals surface area contributed by atoms with Crippen LogP contribution in [0.2, 0.25) is 0 Å². The monoisotopic (exact) mass is 367 g/mol. The molecule has 0 aromatic rings. The molecule has 0 aromatic carbocycles. The first-order valence-corrected chi connectivity index (χ1v) is 10.1. The maximum Gasteiger partial charge on any atom is 0.285 e. The van der Waals surface area contributed by atoms with E-state index < -0.39 is 47.6 Å². The first-order chi connectivity index (χ1) is 10.3. The van der Waals surface area contributed by atoms with Gasteiger partial charge in [0, 0.05) is 11.5 Å². The third-order valence-corrected chi connectivity index (χ3v) is 9.11. The zero-order valence-electron chi connectivity index (χ0n) is 12.9.